The number of hydrogen-bond acceptors (Lipinski definition) is 3. The van der Waals surface area contributed by atoms with E-state index in [1.807, 2.05) is 0 Å². The van der Waals surface area contributed by atoms with Crippen molar-refractivity contribution >= 4 is 10.4 Å². The van der Waals surface area contributed by atoms with Crippen molar-refractivity contribution in [2.24, 2.45) is 5.92 Å². The van der Waals surface area contributed by atoms with E-state index >= 15 is 0 Å². The van der Waals surface area contributed by atoms with Gasteiger partial charge < -0.3 is 0 Å². The summed E-state index contributed by atoms with van der Waals surface area (Å²) in [7, 11) is -4.35. The van der Waals surface area contributed by atoms with E-state index in [4.69, 9.17) is 4.55 Å². The van der Waals surface area contributed by atoms with Gasteiger partial charge in [-0.1, -0.05) is 109 Å². The first-order valence-electron chi connectivity index (χ1n) is 11.3. The summed E-state index contributed by atoms with van der Waals surface area (Å²) in [5.74, 6) is 0.0622. The molecule has 0 saturated heterocycles. The lowest BCUT2D eigenvalue weighted by molar-refractivity contribution is 0.234. The first-order valence-corrected chi connectivity index (χ1v) is 12.6. The van der Waals surface area contributed by atoms with Crippen molar-refractivity contribution in [1.29, 1.82) is 0 Å². The fraction of sp³-hybridized carbons (Fsp3) is 0.909. The Bertz CT molecular complexity index is 432. The maximum absolute atomic E-state index is 10.8. The Labute approximate surface area is 169 Å². The summed E-state index contributed by atoms with van der Waals surface area (Å²) in [5.41, 5.74) is 0. The molecule has 0 rings (SSSR count). The van der Waals surface area contributed by atoms with Crippen molar-refractivity contribution < 1.29 is 17.2 Å². The Morgan fingerprint density at radius 2 is 1.26 bits per heavy atom. The van der Waals surface area contributed by atoms with Gasteiger partial charge in [0.05, 0.1) is 6.61 Å². The molecule has 162 valence electrons. The summed E-state index contributed by atoms with van der Waals surface area (Å²) in [4.78, 5) is 0. The summed E-state index contributed by atoms with van der Waals surface area (Å²) in [5, 5.41) is 0. The molecule has 1 N–H and O–H groups in total. The maximum Gasteiger partial charge on any atom is 0.397 e. The topological polar surface area (TPSA) is 63.6 Å². The SMILES string of the molecule is CCCCCCCCCC/C=C/C(CCCCCCCC)COS(=O)(=O)O. The molecule has 0 bridgehead atoms. The molecule has 1 unspecified atom stereocenters. The van der Waals surface area contributed by atoms with Crippen LogP contribution in [0.3, 0.4) is 0 Å². The second-order valence-corrected chi connectivity index (χ2v) is 8.81. The van der Waals surface area contributed by atoms with Crippen LogP contribution in [0.2, 0.25) is 0 Å². The van der Waals surface area contributed by atoms with Crippen LogP contribution in [0.25, 0.3) is 0 Å². The quantitative estimate of drug-likeness (QED) is 0.132. The van der Waals surface area contributed by atoms with Crippen molar-refractivity contribution in [3.8, 4) is 0 Å². The first kappa shape index (κ1) is 26.6. The van der Waals surface area contributed by atoms with Gasteiger partial charge in [0.15, 0.2) is 0 Å². The third-order valence-corrected chi connectivity index (χ3v) is 5.43. The summed E-state index contributed by atoms with van der Waals surface area (Å²) in [6.45, 7) is 4.49. The molecule has 0 amide bonds. The van der Waals surface area contributed by atoms with Gasteiger partial charge in [-0.3, -0.25) is 4.55 Å². The van der Waals surface area contributed by atoms with E-state index < -0.39 is 10.4 Å². The molecule has 0 saturated carbocycles. The summed E-state index contributed by atoms with van der Waals surface area (Å²) in [6, 6.07) is 0. The van der Waals surface area contributed by atoms with Crippen LogP contribution in [0.4, 0.5) is 0 Å². The van der Waals surface area contributed by atoms with Crippen molar-refractivity contribution in [3.05, 3.63) is 12.2 Å². The van der Waals surface area contributed by atoms with Gasteiger partial charge in [-0.05, 0) is 19.3 Å². The zero-order valence-electron chi connectivity index (χ0n) is 17.8. The Balaban J connectivity index is 3.94. The summed E-state index contributed by atoms with van der Waals surface area (Å²) >= 11 is 0. The van der Waals surface area contributed by atoms with Gasteiger partial charge in [0.2, 0.25) is 0 Å². The minimum absolute atomic E-state index is 0.0434. The molecule has 0 heterocycles. The van der Waals surface area contributed by atoms with Crippen molar-refractivity contribution in [1.82, 2.24) is 0 Å². The third kappa shape index (κ3) is 21.8. The van der Waals surface area contributed by atoms with Gasteiger partial charge in [-0.2, -0.15) is 8.42 Å². The standard InChI is InChI=1S/C22H44O4S/c1-3-5-7-9-11-12-13-14-16-18-20-22(21-26-27(23,24)25)19-17-15-10-8-6-4-2/h18,20,22H,3-17,19,21H2,1-2H3,(H,23,24,25)/b20-18+. The second-order valence-electron chi connectivity index (χ2n) is 7.72. The minimum atomic E-state index is -4.35. The highest BCUT2D eigenvalue weighted by atomic mass is 32.3. The van der Waals surface area contributed by atoms with E-state index in [0.29, 0.717) is 0 Å². The van der Waals surface area contributed by atoms with Crippen molar-refractivity contribution in [2.75, 3.05) is 6.61 Å². The largest absolute Gasteiger partial charge is 0.397 e. The van der Waals surface area contributed by atoms with Crippen LogP contribution in [-0.4, -0.2) is 19.6 Å². The minimum Gasteiger partial charge on any atom is -0.264 e. The van der Waals surface area contributed by atoms with Crippen LogP contribution in [0, 0.1) is 5.92 Å². The Morgan fingerprint density at radius 3 is 1.78 bits per heavy atom. The molecular formula is C22H44O4S. The van der Waals surface area contributed by atoms with Crippen molar-refractivity contribution in [2.45, 2.75) is 117 Å². The van der Waals surface area contributed by atoms with E-state index in [0.717, 1.165) is 19.3 Å². The molecule has 1 atom stereocenters. The van der Waals surface area contributed by atoms with Gasteiger partial charge in [0.25, 0.3) is 0 Å². The highest BCUT2D eigenvalue weighted by Gasteiger charge is 2.11. The van der Waals surface area contributed by atoms with Crippen LogP contribution < -0.4 is 0 Å². The first-order chi connectivity index (χ1) is 13.0. The van der Waals surface area contributed by atoms with Crippen molar-refractivity contribution in [3.63, 3.8) is 0 Å². The third-order valence-electron chi connectivity index (χ3n) is 4.99. The average Bonchev–Trinajstić information content (AvgIpc) is 2.62. The summed E-state index contributed by atoms with van der Waals surface area (Å²) < 4.78 is 35.1. The molecule has 0 aromatic rings. The Kier molecular flexibility index (Phi) is 18.7. The van der Waals surface area contributed by atoms with Crippen LogP contribution in [0.15, 0.2) is 12.2 Å². The fourth-order valence-corrected chi connectivity index (χ4v) is 3.63. The monoisotopic (exact) mass is 404 g/mol. The molecule has 0 fully saturated rings. The van der Waals surface area contributed by atoms with Gasteiger partial charge in [0, 0.05) is 5.92 Å². The highest BCUT2D eigenvalue weighted by Crippen LogP contribution is 2.16. The van der Waals surface area contributed by atoms with Gasteiger partial charge in [-0.25, -0.2) is 4.18 Å². The number of rotatable bonds is 20. The predicted molar refractivity (Wildman–Crippen MR) is 115 cm³/mol. The molecule has 0 aliphatic carbocycles. The van der Waals surface area contributed by atoms with E-state index in [1.165, 1.54) is 83.5 Å². The van der Waals surface area contributed by atoms with Gasteiger partial charge in [-0.15, -0.1) is 0 Å². The zero-order valence-corrected chi connectivity index (χ0v) is 18.6. The lowest BCUT2D eigenvalue weighted by Crippen LogP contribution is -2.12. The van der Waals surface area contributed by atoms with Crippen LogP contribution in [0.5, 0.6) is 0 Å². The van der Waals surface area contributed by atoms with E-state index in [1.54, 1.807) is 0 Å². The molecule has 0 aromatic heterocycles. The van der Waals surface area contributed by atoms with Crippen LogP contribution in [-0.2, 0) is 14.6 Å². The molecule has 0 aliphatic heterocycles. The lowest BCUT2D eigenvalue weighted by atomic mass is 9.99. The summed E-state index contributed by atoms with van der Waals surface area (Å²) in [6.07, 6.45) is 24.0. The normalized spacial score (nSPS) is 13.4. The van der Waals surface area contributed by atoms with Crippen LogP contribution in [0.1, 0.15) is 117 Å². The van der Waals surface area contributed by atoms with Gasteiger partial charge >= 0.3 is 10.4 Å². The Hall–Kier alpha value is -0.390. The molecular weight excluding hydrogens is 360 g/mol. The second kappa shape index (κ2) is 18.9. The van der Waals surface area contributed by atoms with E-state index in [2.05, 4.69) is 30.2 Å². The van der Waals surface area contributed by atoms with E-state index in [9.17, 15) is 8.42 Å². The predicted octanol–water partition coefficient (Wildman–Crippen LogP) is 7.26. The smallest absolute Gasteiger partial charge is 0.264 e. The molecule has 0 spiro atoms. The lowest BCUT2D eigenvalue weighted by Gasteiger charge is -2.12. The molecule has 0 aliphatic rings. The number of allylic oxidation sites excluding steroid dienone is 1. The molecule has 0 radical (unpaired) electrons. The van der Waals surface area contributed by atoms with E-state index in [-0.39, 0.29) is 12.5 Å². The molecule has 4 nitrogen and oxygen atoms in total. The number of unbranched alkanes of at least 4 members (excludes halogenated alkanes) is 13. The average molecular weight is 405 g/mol. The molecule has 27 heavy (non-hydrogen) atoms. The van der Waals surface area contributed by atoms with Gasteiger partial charge in [0.1, 0.15) is 0 Å². The highest BCUT2D eigenvalue weighted by molar-refractivity contribution is 7.80. The molecule has 5 heteroatoms. The van der Waals surface area contributed by atoms with Crippen LogP contribution >= 0.6 is 0 Å². The Morgan fingerprint density at radius 1 is 0.778 bits per heavy atom. The zero-order chi connectivity index (χ0) is 20.2. The number of hydrogen-bond donors (Lipinski definition) is 1. The maximum atomic E-state index is 10.8. The molecule has 0 aromatic carbocycles. The fourth-order valence-electron chi connectivity index (χ4n) is 3.28.